The number of phenols is 2. The Morgan fingerprint density at radius 3 is 2.17 bits per heavy atom. The van der Waals surface area contributed by atoms with Crippen molar-refractivity contribution in [2.24, 2.45) is 10.2 Å². The van der Waals surface area contributed by atoms with Gasteiger partial charge in [-0.1, -0.05) is 24.3 Å². The van der Waals surface area contributed by atoms with Crippen LogP contribution >= 0.6 is 0 Å². The predicted octanol–water partition coefficient (Wildman–Crippen LogP) is 3.91. The Balaban J connectivity index is 2.10. The van der Waals surface area contributed by atoms with Crippen LogP contribution in [0.2, 0.25) is 0 Å². The molecule has 0 radical (unpaired) electrons. The van der Waals surface area contributed by atoms with Crippen LogP contribution in [0.25, 0.3) is 10.8 Å². The van der Waals surface area contributed by atoms with E-state index >= 15 is 0 Å². The summed E-state index contributed by atoms with van der Waals surface area (Å²) >= 11 is 0. The molecule has 0 amide bonds. The van der Waals surface area contributed by atoms with Gasteiger partial charge in [-0.25, -0.2) is 0 Å². The lowest BCUT2D eigenvalue weighted by atomic mass is 10.1. The van der Waals surface area contributed by atoms with Crippen LogP contribution in [0.15, 0.2) is 69.7 Å². The molecular formula is C16H12N2O5S. The van der Waals surface area contributed by atoms with Gasteiger partial charge >= 0.3 is 0 Å². The lowest BCUT2D eigenvalue weighted by Crippen LogP contribution is -1.96. The highest BCUT2D eigenvalue weighted by Crippen LogP contribution is 2.36. The molecule has 3 aromatic rings. The van der Waals surface area contributed by atoms with Gasteiger partial charge in [-0.15, -0.1) is 10.2 Å². The molecule has 8 heteroatoms. The molecule has 0 saturated carbocycles. The zero-order valence-electron chi connectivity index (χ0n) is 12.2. The third-order valence-corrected chi connectivity index (χ3v) is 4.22. The summed E-state index contributed by atoms with van der Waals surface area (Å²) in [6.45, 7) is 0. The molecule has 3 N–H and O–H groups in total. The Labute approximate surface area is 137 Å². The van der Waals surface area contributed by atoms with E-state index in [1.807, 2.05) is 0 Å². The fraction of sp³-hybridized carbons (Fsp3) is 0. The molecule has 0 heterocycles. The first-order chi connectivity index (χ1) is 11.4. The van der Waals surface area contributed by atoms with E-state index in [2.05, 4.69) is 10.2 Å². The zero-order chi connectivity index (χ0) is 17.3. The van der Waals surface area contributed by atoms with Crippen molar-refractivity contribution < 1.29 is 23.2 Å². The van der Waals surface area contributed by atoms with E-state index in [9.17, 15) is 18.6 Å². The van der Waals surface area contributed by atoms with E-state index in [1.165, 1.54) is 6.07 Å². The van der Waals surface area contributed by atoms with Gasteiger partial charge in [0.1, 0.15) is 17.2 Å². The average Bonchev–Trinajstić information content (AvgIpc) is 2.53. The highest BCUT2D eigenvalue weighted by Gasteiger charge is 2.12. The van der Waals surface area contributed by atoms with Gasteiger partial charge in [-0.3, -0.25) is 4.55 Å². The molecule has 3 aromatic carbocycles. The van der Waals surface area contributed by atoms with Crippen LogP contribution in [0.3, 0.4) is 0 Å². The molecule has 0 unspecified atom stereocenters. The molecule has 0 spiro atoms. The molecule has 122 valence electrons. The first-order valence-corrected chi connectivity index (χ1v) is 8.23. The summed E-state index contributed by atoms with van der Waals surface area (Å²) in [7, 11) is -4.42. The van der Waals surface area contributed by atoms with Crippen molar-refractivity contribution in [3.05, 3.63) is 54.6 Å². The monoisotopic (exact) mass is 344 g/mol. The predicted molar refractivity (Wildman–Crippen MR) is 87.7 cm³/mol. The second kappa shape index (κ2) is 5.91. The number of azo groups is 1. The third kappa shape index (κ3) is 3.05. The molecule has 0 aliphatic carbocycles. The van der Waals surface area contributed by atoms with Crippen LogP contribution in [0, 0.1) is 0 Å². The van der Waals surface area contributed by atoms with E-state index in [1.54, 1.807) is 30.3 Å². The van der Waals surface area contributed by atoms with Crippen molar-refractivity contribution in [2.45, 2.75) is 4.90 Å². The largest absolute Gasteiger partial charge is 0.507 e. The Morgan fingerprint density at radius 2 is 1.46 bits per heavy atom. The lowest BCUT2D eigenvalue weighted by Gasteiger charge is -2.04. The van der Waals surface area contributed by atoms with E-state index < -0.39 is 15.0 Å². The smallest absolute Gasteiger partial charge is 0.294 e. The number of fused-ring (bicyclic) bond motifs is 1. The number of hydrogen-bond acceptors (Lipinski definition) is 6. The highest BCUT2D eigenvalue weighted by molar-refractivity contribution is 7.85. The maximum absolute atomic E-state index is 11.2. The van der Waals surface area contributed by atoms with Crippen LogP contribution < -0.4 is 0 Å². The van der Waals surface area contributed by atoms with Gasteiger partial charge in [-0.2, -0.15) is 8.42 Å². The quantitative estimate of drug-likeness (QED) is 0.491. The number of phenolic OH excluding ortho intramolecular Hbond substituents is 2. The van der Waals surface area contributed by atoms with Gasteiger partial charge in [0.25, 0.3) is 10.1 Å². The standard InChI is InChI=1S/C16H12N2O5S/c19-14-8-7-11(24(21,22)23)9-13(14)18-17-12-5-1-3-10-4-2-6-15(20)16(10)12/h1-9,19-20H,(H,21,22,23)/b18-17+. The second-order valence-corrected chi connectivity index (χ2v) is 6.40. The Morgan fingerprint density at radius 1 is 0.792 bits per heavy atom. The van der Waals surface area contributed by atoms with Crippen molar-refractivity contribution in [3.63, 3.8) is 0 Å². The van der Waals surface area contributed by atoms with Crippen LogP contribution in [0.4, 0.5) is 11.4 Å². The van der Waals surface area contributed by atoms with E-state index in [0.29, 0.717) is 11.1 Å². The summed E-state index contributed by atoms with van der Waals surface area (Å²) < 4.78 is 31.4. The molecule has 0 atom stereocenters. The fourth-order valence-electron chi connectivity index (χ4n) is 2.24. The van der Waals surface area contributed by atoms with Crippen LogP contribution in [-0.2, 0) is 10.1 Å². The van der Waals surface area contributed by atoms with Gasteiger partial charge in [0.05, 0.1) is 16.0 Å². The zero-order valence-corrected chi connectivity index (χ0v) is 13.0. The van der Waals surface area contributed by atoms with Crippen LogP contribution in [0.1, 0.15) is 0 Å². The van der Waals surface area contributed by atoms with Crippen LogP contribution in [0.5, 0.6) is 11.5 Å². The number of hydrogen-bond donors (Lipinski definition) is 3. The highest BCUT2D eigenvalue weighted by atomic mass is 32.2. The molecule has 0 aliphatic heterocycles. The Kier molecular flexibility index (Phi) is 3.92. The molecule has 0 aliphatic rings. The minimum atomic E-state index is -4.42. The van der Waals surface area contributed by atoms with Gasteiger partial charge in [-0.05, 0) is 35.7 Å². The van der Waals surface area contributed by atoms with Gasteiger partial charge < -0.3 is 10.2 Å². The maximum Gasteiger partial charge on any atom is 0.294 e. The van der Waals surface area contributed by atoms with Crippen molar-refractivity contribution >= 4 is 32.3 Å². The molecular weight excluding hydrogens is 332 g/mol. The first kappa shape index (κ1) is 15.9. The van der Waals surface area contributed by atoms with E-state index in [-0.39, 0.29) is 17.2 Å². The molecule has 7 nitrogen and oxygen atoms in total. The van der Waals surface area contributed by atoms with Crippen LogP contribution in [-0.4, -0.2) is 23.2 Å². The van der Waals surface area contributed by atoms with Crippen molar-refractivity contribution in [1.82, 2.24) is 0 Å². The minimum Gasteiger partial charge on any atom is -0.507 e. The normalized spacial score (nSPS) is 12.0. The molecule has 3 rings (SSSR count). The first-order valence-electron chi connectivity index (χ1n) is 6.79. The summed E-state index contributed by atoms with van der Waals surface area (Å²) in [4.78, 5) is -0.407. The SMILES string of the molecule is O=S(=O)(O)c1ccc(O)c(/N=N/c2cccc3cccc(O)c23)c1. The van der Waals surface area contributed by atoms with Gasteiger partial charge in [0.15, 0.2) is 0 Å². The number of rotatable bonds is 3. The average molecular weight is 344 g/mol. The number of nitrogens with zero attached hydrogens (tertiary/aromatic N) is 2. The molecule has 0 bridgehead atoms. The van der Waals surface area contributed by atoms with Gasteiger partial charge in [0, 0.05) is 0 Å². The molecule has 24 heavy (non-hydrogen) atoms. The summed E-state index contributed by atoms with van der Waals surface area (Å²) in [5.41, 5.74) is 0.222. The summed E-state index contributed by atoms with van der Waals surface area (Å²) in [5, 5.41) is 28.8. The van der Waals surface area contributed by atoms with Gasteiger partial charge in [0.2, 0.25) is 0 Å². The lowest BCUT2D eigenvalue weighted by molar-refractivity contribution is 0.473. The second-order valence-electron chi connectivity index (χ2n) is 4.98. The topological polar surface area (TPSA) is 120 Å². The summed E-state index contributed by atoms with van der Waals surface area (Å²) in [5.74, 6) is -0.270. The van der Waals surface area contributed by atoms with Crippen molar-refractivity contribution in [1.29, 1.82) is 0 Å². The number of benzene rings is 3. The minimum absolute atomic E-state index is 0.0259. The van der Waals surface area contributed by atoms with Crippen molar-refractivity contribution in [3.8, 4) is 11.5 Å². The molecule has 0 aromatic heterocycles. The van der Waals surface area contributed by atoms with E-state index in [0.717, 1.165) is 23.6 Å². The summed E-state index contributed by atoms with van der Waals surface area (Å²) in [6, 6.07) is 13.3. The number of aromatic hydroxyl groups is 2. The van der Waals surface area contributed by atoms with Crippen molar-refractivity contribution in [2.75, 3.05) is 0 Å². The fourth-order valence-corrected chi connectivity index (χ4v) is 2.74. The maximum atomic E-state index is 11.2. The molecule has 0 fully saturated rings. The Bertz CT molecular complexity index is 1060. The summed E-state index contributed by atoms with van der Waals surface area (Å²) in [6.07, 6.45) is 0. The molecule has 0 saturated heterocycles. The van der Waals surface area contributed by atoms with E-state index in [4.69, 9.17) is 4.55 Å². The Hall–Kier alpha value is -2.97. The third-order valence-electron chi connectivity index (χ3n) is 3.37.